The van der Waals surface area contributed by atoms with E-state index in [-0.39, 0.29) is 5.91 Å². The molecule has 0 aliphatic carbocycles. The molecule has 1 saturated heterocycles. The Balaban J connectivity index is 1.52. The standard InChI is InChI=1S/C22H25N5O2/c1-2-8-19-24-21(29-25-19)18-11-6-12-23-20(18)26-13-7-14-27(16-15-26)22(28)17-9-4-3-5-10-17/h3-6,9-12H,2,7-8,13-16H2,1H3. The topological polar surface area (TPSA) is 75.4 Å². The summed E-state index contributed by atoms with van der Waals surface area (Å²) in [7, 11) is 0. The summed E-state index contributed by atoms with van der Waals surface area (Å²) in [5, 5.41) is 4.07. The van der Waals surface area contributed by atoms with E-state index in [9.17, 15) is 4.79 Å². The number of carbonyl (C=O) groups is 1. The van der Waals surface area contributed by atoms with Crippen LogP contribution in [0.2, 0.25) is 0 Å². The molecule has 150 valence electrons. The van der Waals surface area contributed by atoms with Crippen molar-refractivity contribution in [1.82, 2.24) is 20.0 Å². The van der Waals surface area contributed by atoms with Gasteiger partial charge in [0.15, 0.2) is 5.82 Å². The number of amides is 1. The first-order valence-corrected chi connectivity index (χ1v) is 10.1. The molecule has 1 aliphatic heterocycles. The number of rotatable bonds is 5. The van der Waals surface area contributed by atoms with Crippen LogP contribution in [0.5, 0.6) is 0 Å². The summed E-state index contributed by atoms with van der Waals surface area (Å²) < 4.78 is 5.49. The van der Waals surface area contributed by atoms with E-state index in [1.54, 1.807) is 6.20 Å². The van der Waals surface area contributed by atoms with Crippen LogP contribution in [0.25, 0.3) is 11.5 Å². The molecule has 0 spiro atoms. The lowest BCUT2D eigenvalue weighted by atomic mass is 10.2. The average Bonchev–Trinajstić information content (AvgIpc) is 3.09. The fourth-order valence-electron chi connectivity index (χ4n) is 3.60. The molecule has 3 aromatic rings. The van der Waals surface area contributed by atoms with Gasteiger partial charge in [-0.05, 0) is 37.1 Å². The van der Waals surface area contributed by atoms with Gasteiger partial charge in [0.2, 0.25) is 0 Å². The smallest absolute Gasteiger partial charge is 0.261 e. The number of benzene rings is 1. The molecular weight excluding hydrogens is 366 g/mol. The number of aromatic nitrogens is 3. The summed E-state index contributed by atoms with van der Waals surface area (Å²) in [4.78, 5) is 26.1. The highest BCUT2D eigenvalue weighted by atomic mass is 16.5. The normalized spacial score (nSPS) is 14.7. The van der Waals surface area contributed by atoms with Crippen molar-refractivity contribution in [2.75, 3.05) is 31.1 Å². The lowest BCUT2D eigenvalue weighted by molar-refractivity contribution is 0.0767. The Morgan fingerprint density at radius 2 is 1.93 bits per heavy atom. The minimum atomic E-state index is 0.0785. The number of hydrogen-bond acceptors (Lipinski definition) is 6. The molecule has 1 aromatic carbocycles. The largest absolute Gasteiger partial charge is 0.354 e. The maximum atomic E-state index is 12.8. The van der Waals surface area contributed by atoms with Crippen LogP contribution in [0.15, 0.2) is 53.2 Å². The molecule has 0 unspecified atom stereocenters. The Bertz CT molecular complexity index is 957. The van der Waals surface area contributed by atoms with Gasteiger partial charge in [-0.15, -0.1) is 0 Å². The Kier molecular flexibility index (Phi) is 5.84. The summed E-state index contributed by atoms with van der Waals surface area (Å²) in [6.45, 7) is 4.99. The van der Waals surface area contributed by atoms with Crippen LogP contribution in [0.1, 0.15) is 35.9 Å². The van der Waals surface area contributed by atoms with Crippen molar-refractivity contribution in [2.45, 2.75) is 26.2 Å². The molecule has 0 N–H and O–H groups in total. The van der Waals surface area contributed by atoms with Crippen LogP contribution >= 0.6 is 0 Å². The SMILES string of the molecule is CCCc1noc(-c2cccnc2N2CCCN(C(=O)c3ccccc3)CC2)n1. The maximum absolute atomic E-state index is 12.8. The maximum Gasteiger partial charge on any atom is 0.261 e. The summed E-state index contributed by atoms with van der Waals surface area (Å²) in [6.07, 6.45) is 4.41. The fourth-order valence-corrected chi connectivity index (χ4v) is 3.60. The first-order chi connectivity index (χ1) is 14.3. The molecule has 0 saturated carbocycles. The summed E-state index contributed by atoms with van der Waals surface area (Å²) >= 11 is 0. The summed E-state index contributed by atoms with van der Waals surface area (Å²) in [5.41, 5.74) is 1.57. The molecule has 3 heterocycles. The molecule has 29 heavy (non-hydrogen) atoms. The van der Waals surface area contributed by atoms with Crippen LogP contribution in [-0.4, -0.2) is 52.1 Å². The van der Waals surface area contributed by atoms with Gasteiger partial charge in [0.25, 0.3) is 11.8 Å². The quantitative estimate of drug-likeness (QED) is 0.663. The summed E-state index contributed by atoms with van der Waals surface area (Å²) in [6, 6.07) is 13.3. The molecule has 2 aromatic heterocycles. The molecule has 1 aliphatic rings. The van der Waals surface area contributed by atoms with E-state index in [2.05, 4.69) is 26.9 Å². The highest BCUT2D eigenvalue weighted by Gasteiger charge is 2.24. The van der Waals surface area contributed by atoms with E-state index < -0.39 is 0 Å². The second-order valence-corrected chi connectivity index (χ2v) is 7.14. The van der Waals surface area contributed by atoms with E-state index in [1.165, 1.54) is 0 Å². The van der Waals surface area contributed by atoms with Gasteiger partial charge >= 0.3 is 0 Å². The van der Waals surface area contributed by atoms with Crippen molar-refractivity contribution < 1.29 is 9.32 Å². The fraction of sp³-hybridized carbons (Fsp3) is 0.364. The van der Waals surface area contributed by atoms with E-state index in [0.717, 1.165) is 49.3 Å². The zero-order valence-electron chi connectivity index (χ0n) is 16.6. The van der Waals surface area contributed by atoms with E-state index in [4.69, 9.17) is 4.52 Å². The molecule has 0 atom stereocenters. The predicted molar refractivity (Wildman–Crippen MR) is 111 cm³/mol. The number of aryl methyl sites for hydroxylation is 1. The van der Waals surface area contributed by atoms with Crippen molar-refractivity contribution in [2.24, 2.45) is 0 Å². The Morgan fingerprint density at radius 1 is 1.07 bits per heavy atom. The van der Waals surface area contributed by atoms with Gasteiger partial charge in [-0.2, -0.15) is 4.98 Å². The number of anilines is 1. The van der Waals surface area contributed by atoms with Crippen molar-refractivity contribution in [3.05, 3.63) is 60.0 Å². The van der Waals surface area contributed by atoms with E-state index >= 15 is 0 Å². The Labute approximate surface area is 170 Å². The molecule has 7 heteroatoms. The monoisotopic (exact) mass is 391 g/mol. The highest BCUT2D eigenvalue weighted by Crippen LogP contribution is 2.28. The third kappa shape index (κ3) is 4.29. The molecule has 0 radical (unpaired) electrons. The second-order valence-electron chi connectivity index (χ2n) is 7.14. The zero-order valence-corrected chi connectivity index (χ0v) is 16.6. The van der Waals surface area contributed by atoms with E-state index in [0.29, 0.717) is 24.8 Å². The van der Waals surface area contributed by atoms with Gasteiger partial charge in [0.05, 0.1) is 5.56 Å². The Morgan fingerprint density at radius 3 is 2.76 bits per heavy atom. The third-order valence-corrected chi connectivity index (χ3v) is 5.06. The highest BCUT2D eigenvalue weighted by molar-refractivity contribution is 5.94. The average molecular weight is 391 g/mol. The van der Waals surface area contributed by atoms with Gasteiger partial charge in [-0.1, -0.05) is 30.3 Å². The number of carbonyl (C=O) groups excluding carboxylic acids is 1. The lowest BCUT2D eigenvalue weighted by Gasteiger charge is -2.24. The second kappa shape index (κ2) is 8.86. The van der Waals surface area contributed by atoms with Crippen molar-refractivity contribution in [1.29, 1.82) is 0 Å². The minimum absolute atomic E-state index is 0.0785. The van der Waals surface area contributed by atoms with Gasteiger partial charge in [-0.25, -0.2) is 4.98 Å². The first-order valence-electron chi connectivity index (χ1n) is 10.1. The predicted octanol–water partition coefficient (Wildman–Crippen LogP) is 3.44. The van der Waals surface area contributed by atoms with Gasteiger partial charge in [-0.3, -0.25) is 4.79 Å². The summed E-state index contributed by atoms with van der Waals surface area (Å²) in [5.74, 6) is 2.12. The van der Waals surface area contributed by atoms with Gasteiger partial charge < -0.3 is 14.3 Å². The zero-order chi connectivity index (χ0) is 20.1. The Hall–Kier alpha value is -3.22. The molecule has 1 amide bonds. The molecule has 1 fully saturated rings. The number of hydrogen-bond donors (Lipinski definition) is 0. The van der Waals surface area contributed by atoms with Crippen molar-refractivity contribution >= 4 is 11.7 Å². The van der Waals surface area contributed by atoms with Crippen LogP contribution in [0, 0.1) is 0 Å². The number of nitrogens with zero attached hydrogens (tertiary/aromatic N) is 5. The molecule has 7 nitrogen and oxygen atoms in total. The van der Waals surface area contributed by atoms with Crippen LogP contribution < -0.4 is 4.90 Å². The van der Waals surface area contributed by atoms with Crippen molar-refractivity contribution in [3.8, 4) is 11.5 Å². The minimum Gasteiger partial charge on any atom is -0.354 e. The number of pyridine rings is 1. The third-order valence-electron chi connectivity index (χ3n) is 5.06. The van der Waals surface area contributed by atoms with Gasteiger partial charge in [0.1, 0.15) is 5.82 Å². The molecular formula is C22H25N5O2. The van der Waals surface area contributed by atoms with Crippen LogP contribution in [-0.2, 0) is 6.42 Å². The first kappa shape index (κ1) is 19.1. The lowest BCUT2D eigenvalue weighted by Crippen LogP contribution is -2.35. The van der Waals surface area contributed by atoms with Crippen molar-refractivity contribution in [3.63, 3.8) is 0 Å². The molecule has 0 bridgehead atoms. The van der Waals surface area contributed by atoms with Gasteiger partial charge in [0, 0.05) is 44.4 Å². The molecule has 4 rings (SSSR count). The van der Waals surface area contributed by atoms with E-state index in [1.807, 2.05) is 47.4 Å². The van der Waals surface area contributed by atoms with Crippen LogP contribution in [0.3, 0.4) is 0 Å². The van der Waals surface area contributed by atoms with Crippen LogP contribution in [0.4, 0.5) is 5.82 Å².